The van der Waals surface area contributed by atoms with Gasteiger partial charge in [-0.2, -0.15) is 4.98 Å². The predicted octanol–water partition coefficient (Wildman–Crippen LogP) is 1.18. The second-order valence-electron chi connectivity index (χ2n) is 3.06. The summed E-state index contributed by atoms with van der Waals surface area (Å²) < 4.78 is 5.39. The third-order valence-electron chi connectivity index (χ3n) is 1.70. The molecular weight excluding hydrogens is 276 g/mol. The highest BCUT2D eigenvalue weighted by molar-refractivity contribution is 9.10. The number of carbonyl (C=O) groups excluding carboxylic acids is 1. The van der Waals surface area contributed by atoms with Gasteiger partial charge in [0.1, 0.15) is 16.5 Å². The summed E-state index contributed by atoms with van der Waals surface area (Å²) in [5.41, 5.74) is 5.53. The Balaban J connectivity index is 2.69. The van der Waals surface area contributed by atoms with Crippen LogP contribution < -0.4 is 11.1 Å². The molecular formula is C9H13BrN4O2. The highest BCUT2D eigenvalue weighted by Crippen LogP contribution is 2.13. The second kappa shape index (κ2) is 5.64. The molecule has 88 valence electrons. The van der Waals surface area contributed by atoms with Crippen LogP contribution in [-0.4, -0.2) is 28.6 Å². The van der Waals surface area contributed by atoms with Crippen molar-refractivity contribution in [1.29, 1.82) is 0 Å². The molecule has 1 atom stereocenters. The molecule has 1 heterocycles. The predicted molar refractivity (Wildman–Crippen MR) is 63.9 cm³/mol. The Bertz CT molecular complexity index is 366. The normalized spacial score (nSPS) is 11.9. The molecule has 0 aliphatic carbocycles. The minimum atomic E-state index is -0.520. The number of nitrogen functional groups attached to an aromatic ring is 1. The lowest BCUT2D eigenvalue weighted by molar-refractivity contribution is -0.143. The molecule has 1 aromatic rings. The molecule has 16 heavy (non-hydrogen) atoms. The maximum absolute atomic E-state index is 11.3. The molecule has 1 rings (SSSR count). The Kier molecular flexibility index (Phi) is 4.48. The maximum atomic E-state index is 11.3. The number of rotatable bonds is 4. The summed E-state index contributed by atoms with van der Waals surface area (Å²) in [7, 11) is 0. The lowest BCUT2D eigenvalue weighted by atomic mass is 10.3. The molecule has 0 amide bonds. The Labute approximate surface area is 102 Å². The highest BCUT2D eigenvalue weighted by Gasteiger charge is 2.15. The van der Waals surface area contributed by atoms with E-state index in [0.717, 1.165) is 0 Å². The smallest absolute Gasteiger partial charge is 0.328 e. The van der Waals surface area contributed by atoms with Gasteiger partial charge in [0.05, 0.1) is 6.61 Å². The molecule has 1 unspecified atom stereocenters. The molecule has 7 heteroatoms. The molecule has 0 fully saturated rings. The summed E-state index contributed by atoms with van der Waals surface area (Å²) in [5.74, 6) is 0.248. The van der Waals surface area contributed by atoms with Gasteiger partial charge in [0.15, 0.2) is 0 Å². The molecule has 0 aliphatic heterocycles. The highest BCUT2D eigenvalue weighted by atomic mass is 79.9. The average Bonchev–Trinajstić information content (AvgIpc) is 2.16. The molecule has 0 saturated carbocycles. The summed E-state index contributed by atoms with van der Waals surface area (Å²) in [6.45, 7) is 3.75. The Morgan fingerprint density at radius 2 is 2.38 bits per heavy atom. The summed E-state index contributed by atoms with van der Waals surface area (Å²) >= 11 is 3.18. The molecule has 0 bridgehead atoms. The molecule has 1 aromatic heterocycles. The number of ether oxygens (including phenoxy) is 1. The van der Waals surface area contributed by atoms with Crippen molar-refractivity contribution in [1.82, 2.24) is 9.97 Å². The largest absolute Gasteiger partial charge is 0.464 e. The van der Waals surface area contributed by atoms with E-state index in [4.69, 9.17) is 10.5 Å². The molecule has 3 N–H and O–H groups in total. The third-order valence-corrected chi connectivity index (χ3v) is 2.11. The zero-order valence-corrected chi connectivity index (χ0v) is 10.6. The topological polar surface area (TPSA) is 90.1 Å². The molecule has 6 nitrogen and oxygen atoms in total. The number of hydrogen-bond donors (Lipinski definition) is 2. The number of esters is 1. The van der Waals surface area contributed by atoms with E-state index in [-0.39, 0.29) is 11.9 Å². The second-order valence-corrected chi connectivity index (χ2v) is 3.87. The molecule has 0 saturated heterocycles. The van der Waals surface area contributed by atoms with Gasteiger partial charge in [-0.05, 0) is 29.8 Å². The first-order valence-electron chi connectivity index (χ1n) is 4.76. The van der Waals surface area contributed by atoms with Crippen LogP contribution in [0, 0.1) is 0 Å². The van der Waals surface area contributed by atoms with Gasteiger partial charge in [0.25, 0.3) is 0 Å². The number of nitrogens with zero attached hydrogens (tertiary/aromatic N) is 2. The zero-order chi connectivity index (χ0) is 12.1. The lowest BCUT2D eigenvalue weighted by Gasteiger charge is -2.12. The fourth-order valence-corrected chi connectivity index (χ4v) is 1.42. The van der Waals surface area contributed by atoms with Crippen LogP contribution >= 0.6 is 15.9 Å². The molecule has 0 spiro atoms. The first kappa shape index (κ1) is 12.7. The standard InChI is InChI=1S/C9H13BrN4O2/c1-3-16-8(15)5(2)12-9-13-6(10)4-7(11)14-9/h4-5H,3H2,1-2H3,(H3,11,12,13,14). The van der Waals surface area contributed by atoms with Crippen molar-refractivity contribution >= 4 is 33.7 Å². The first-order valence-corrected chi connectivity index (χ1v) is 5.55. The van der Waals surface area contributed by atoms with Crippen molar-refractivity contribution in [2.24, 2.45) is 0 Å². The van der Waals surface area contributed by atoms with E-state index in [1.807, 2.05) is 0 Å². The fraction of sp³-hybridized carbons (Fsp3) is 0.444. The third kappa shape index (κ3) is 3.65. The van der Waals surface area contributed by atoms with Gasteiger partial charge in [-0.3, -0.25) is 0 Å². The van der Waals surface area contributed by atoms with E-state index in [1.54, 1.807) is 19.9 Å². The van der Waals surface area contributed by atoms with Crippen LogP contribution in [0.4, 0.5) is 11.8 Å². The van der Waals surface area contributed by atoms with Crippen LogP contribution in [0.25, 0.3) is 0 Å². The number of hydrogen-bond acceptors (Lipinski definition) is 6. The van der Waals surface area contributed by atoms with Gasteiger partial charge in [-0.25, -0.2) is 9.78 Å². The van der Waals surface area contributed by atoms with Crippen LogP contribution in [0.3, 0.4) is 0 Å². The van der Waals surface area contributed by atoms with Gasteiger partial charge < -0.3 is 15.8 Å². The number of halogens is 1. The lowest BCUT2D eigenvalue weighted by Crippen LogP contribution is -2.29. The van der Waals surface area contributed by atoms with E-state index in [2.05, 4.69) is 31.2 Å². The Morgan fingerprint density at radius 3 is 2.94 bits per heavy atom. The van der Waals surface area contributed by atoms with E-state index >= 15 is 0 Å². The summed E-state index contributed by atoms with van der Waals surface area (Å²) in [6.07, 6.45) is 0. The van der Waals surface area contributed by atoms with Gasteiger partial charge >= 0.3 is 5.97 Å². The van der Waals surface area contributed by atoms with E-state index in [0.29, 0.717) is 17.0 Å². The number of nitrogens with two attached hydrogens (primary N) is 1. The zero-order valence-electron chi connectivity index (χ0n) is 9.03. The van der Waals surface area contributed by atoms with Gasteiger partial charge in [-0.1, -0.05) is 0 Å². The molecule has 0 aliphatic rings. The van der Waals surface area contributed by atoms with Crippen LogP contribution in [0.1, 0.15) is 13.8 Å². The van der Waals surface area contributed by atoms with E-state index in [1.165, 1.54) is 0 Å². The first-order chi connectivity index (χ1) is 7.52. The van der Waals surface area contributed by atoms with Crippen molar-refractivity contribution in [3.63, 3.8) is 0 Å². The minimum Gasteiger partial charge on any atom is -0.464 e. The van der Waals surface area contributed by atoms with E-state index in [9.17, 15) is 4.79 Å². The van der Waals surface area contributed by atoms with Crippen molar-refractivity contribution in [3.05, 3.63) is 10.7 Å². The Morgan fingerprint density at radius 1 is 1.69 bits per heavy atom. The van der Waals surface area contributed by atoms with Crippen molar-refractivity contribution in [2.75, 3.05) is 17.7 Å². The number of carbonyl (C=O) groups is 1. The van der Waals surface area contributed by atoms with Crippen LogP contribution in [0.2, 0.25) is 0 Å². The monoisotopic (exact) mass is 288 g/mol. The van der Waals surface area contributed by atoms with Crippen LogP contribution in [-0.2, 0) is 9.53 Å². The summed E-state index contributed by atoms with van der Waals surface area (Å²) in [5, 5.41) is 2.80. The molecule has 0 aromatic carbocycles. The van der Waals surface area contributed by atoms with Crippen LogP contribution in [0.15, 0.2) is 10.7 Å². The van der Waals surface area contributed by atoms with E-state index < -0.39 is 6.04 Å². The van der Waals surface area contributed by atoms with Crippen molar-refractivity contribution in [2.45, 2.75) is 19.9 Å². The van der Waals surface area contributed by atoms with Gasteiger partial charge in [-0.15, -0.1) is 0 Å². The minimum absolute atomic E-state index is 0.285. The Hall–Kier alpha value is -1.37. The van der Waals surface area contributed by atoms with Gasteiger partial charge in [0.2, 0.25) is 5.95 Å². The molecule has 0 radical (unpaired) electrons. The summed E-state index contributed by atoms with van der Waals surface area (Å²) in [4.78, 5) is 19.3. The number of nitrogens with one attached hydrogen (secondary N) is 1. The quantitative estimate of drug-likeness (QED) is 0.639. The fourth-order valence-electron chi connectivity index (χ4n) is 1.02. The van der Waals surface area contributed by atoms with Crippen molar-refractivity contribution in [3.8, 4) is 0 Å². The van der Waals surface area contributed by atoms with Gasteiger partial charge in [0, 0.05) is 6.07 Å². The SMILES string of the molecule is CCOC(=O)C(C)Nc1nc(N)cc(Br)n1. The van der Waals surface area contributed by atoms with Crippen LogP contribution in [0.5, 0.6) is 0 Å². The number of anilines is 2. The summed E-state index contributed by atoms with van der Waals surface area (Å²) in [6, 6.07) is 1.05. The number of aromatic nitrogens is 2. The average molecular weight is 289 g/mol. The van der Waals surface area contributed by atoms with Crippen molar-refractivity contribution < 1.29 is 9.53 Å². The maximum Gasteiger partial charge on any atom is 0.328 e.